The van der Waals surface area contributed by atoms with Crippen LogP contribution in [0.4, 0.5) is 0 Å². The number of methoxy groups -OCH3 is 1. The number of aliphatic hydroxyl groups is 1. The number of thioether (sulfide) groups is 1. The number of aromatic hydroxyl groups is 1. The van der Waals surface area contributed by atoms with Crippen molar-refractivity contribution in [1.82, 2.24) is 9.62 Å². The highest BCUT2D eigenvalue weighted by molar-refractivity contribution is 7.98. The van der Waals surface area contributed by atoms with Crippen LogP contribution in [0.3, 0.4) is 0 Å². The summed E-state index contributed by atoms with van der Waals surface area (Å²) in [5.74, 6) is -0.127. The van der Waals surface area contributed by atoms with Crippen LogP contribution in [0, 0.1) is 5.92 Å². The molecule has 3 aromatic carbocycles. The van der Waals surface area contributed by atoms with E-state index in [0.717, 1.165) is 10.5 Å². The first-order valence-corrected chi connectivity index (χ1v) is 15.7. The Morgan fingerprint density at radius 3 is 2.25 bits per heavy atom. The van der Waals surface area contributed by atoms with Gasteiger partial charge in [0.1, 0.15) is 0 Å². The topological polar surface area (TPSA) is 116 Å². The van der Waals surface area contributed by atoms with Crippen molar-refractivity contribution < 1.29 is 28.2 Å². The number of benzene rings is 3. The minimum absolute atomic E-state index is 0.0114. The number of carbonyl (C=O) groups excluding carboxylic acids is 1. The summed E-state index contributed by atoms with van der Waals surface area (Å²) in [6.07, 6.45) is 1.00. The first kappa shape index (κ1) is 31.5. The molecular weight excluding hydrogens is 548 g/mol. The largest absolute Gasteiger partial charge is 0.504 e. The fourth-order valence-electron chi connectivity index (χ4n) is 4.35. The zero-order valence-electron chi connectivity index (χ0n) is 23.3. The summed E-state index contributed by atoms with van der Waals surface area (Å²) in [5.41, 5.74) is 1.46. The predicted molar refractivity (Wildman–Crippen MR) is 158 cm³/mol. The zero-order chi connectivity index (χ0) is 29.3. The van der Waals surface area contributed by atoms with E-state index < -0.39 is 22.2 Å². The Bertz CT molecular complexity index is 1350. The first-order valence-electron chi connectivity index (χ1n) is 13.0. The standard InChI is InChI=1S/C30H38N2O6S2/c1-21(2)19-32(40(36,37)25-13-11-24(39-4)12-14-25)20-28(34)26(16-22-8-6-5-7-9-22)31-30(35)18-23-10-15-29(38-3)27(33)17-23/h5-15,17,21,26,28,33-34H,16,18-20H2,1-4H3,(H,31,35)/t26-,28+/m0/s1. The van der Waals surface area contributed by atoms with E-state index in [0.29, 0.717) is 17.7 Å². The van der Waals surface area contributed by atoms with E-state index in [9.17, 15) is 23.4 Å². The van der Waals surface area contributed by atoms with Gasteiger partial charge in [0.15, 0.2) is 11.5 Å². The summed E-state index contributed by atoms with van der Waals surface area (Å²) in [5, 5.41) is 24.4. The lowest BCUT2D eigenvalue weighted by Crippen LogP contribution is -2.51. The molecule has 40 heavy (non-hydrogen) atoms. The van der Waals surface area contributed by atoms with Crippen LogP contribution in [0.25, 0.3) is 0 Å². The van der Waals surface area contributed by atoms with Gasteiger partial charge in [0.05, 0.1) is 30.6 Å². The number of amides is 1. The number of ether oxygens (including phenoxy) is 1. The highest BCUT2D eigenvalue weighted by atomic mass is 32.2. The summed E-state index contributed by atoms with van der Waals surface area (Å²) in [6, 6.07) is 20.0. The van der Waals surface area contributed by atoms with Crippen LogP contribution in [0.5, 0.6) is 11.5 Å². The maximum absolute atomic E-state index is 13.6. The monoisotopic (exact) mass is 586 g/mol. The highest BCUT2D eigenvalue weighted by Gasteiger charge is 2.31. The van der Waals surface area contributed by atoms with Gasteiger partial charge in [0.25, 0.3) is 0 Å². The van der Waals surface area contributed by atoms with E-state index >= 15 is 0 Å². The molecule has 0 fully saturated rings. The molecule has 3 rings (SSSR count). The SMILES string of the molecule is COc1ccc(CC(=O)N[C@@H](Cc2ccccc2)[C@H](O)CN(CC(C)C)S(=O)(=O)c2ccc(SC)cc2)cc1O. The number of phenols is 1. The second-order valence-electron chi connectivity index (χ2n) is 10.0. The number of phenolic OH excluding ortho intramolecular Hbond substituents is 1. The van der Waals surface area contributed by atoms with E-state index in [-0.39, 0.29) is 42.0 Å². The Balaban J connectivity index is 1.83. The smallest absolute Gasteiger partial charge is 0.243 e. The van der Waals surface area contributed by atoms with E-state index in [2.05, 4.69) is 5.32 Å². The molecule has 8 nitrogen and oxygen atoms in total. The lowest BCUT2D eigenvalue weighted by Gasteiger charge is -2.31. The number of rotatable bonds is 14. The maximum Gasteiger partial charge on any atom is 0.243 e. The molecule has 10 heteroatoms. The molecule has 0 aromatic heterocycles. The van der Waals surface area contributed by atoms with Gasteiger partial charge >= 0.3 is 0 Å². The number of hydrogen-bond donors (Lipinski definition) is 3. The van der Waals surface area contributed by atoms with Gasteiger partial charge in [-0.2, -0.15) is 4.31 Å². The van der Waals surface area contributed by atoms with Crippen LogP contribution in [-0.2, 0) is 27.7 Å². The molecule has 3 N–H and O–H groups in total. The van der Waals surface area contributed by atoms with Crippen molar-refractivity contribution in [2.75, 3.05) is 26.5 Å². The first-order chi connectivity index (χ1) is 19.0. The minimum atomic E-state index is -3.90. The normalized spacial score (nSPS) is 13.3. The van der Waals surface area contributed by atoms with Crippen molar-refractivity contribution >= 4 is 27.7 Å². The molecule has 0 radical (unpaired) electrons. The zero-order valence-corrected chi connectivity index (χ0v) is 24.9. The summed E-state index contributed by atoms with van der Waals surface area (Å²) < 4.78 is 33.6. The third-order valence-electron chi connectivity index (χ3n) is 6.37. The highest BCUT2D eigenvalue weighted by Crippen LogP contribution is 2.26. The summed E-state index contributed by atoms with van der Waals surface area (Å²) >= 11 is 1.52. The average Bonchev–Trinajstić information content (AvgIpc) is 2.92. The fourth-order valence-corrected chi connectivity index (χ4v) is 6.38. The van der Waals surface area contributed by atoms with Gasteiger partial charge in [-0.25, -0.2) is 8.42 Å². The third-order valence-corrected chi connectivity index (χ3v) is 8.96. The molecular formula is C30H38N2O6S2. The lowest BCUT2D eigenvalue weighted by atomic mass is 10.00. The van der Waals surface area contributed by atoms with E-state index in [1.165, 1.54) is 29.2 Å². The lowest BCUT2D eigenvalue weighted by molar-refractivity contribution is -0.122. The summed E-state index contributed by atoms with van der Waals surface area (Å²) in [4.78, 5) is 14.2. The quantitative estimate of drug-likeness (QED) is 0.244. The minimum Gasteiger partial charge on any atom is -0.504 e. The van der Waals surface area contributed by atoms with E-state index in [1.54, 1.807) is 36.4 Å². The number of hydrogen-bond acceptors (Lipinski definition) is 7. The number of nitrogens with zero attached hydrogens (tertiary/aromatic N) is 1. The molecule has 0 heterocycles. The fraction of sp³-hybridized carbons (Fsp3) is 0.367. The molecule has 0 saturated heterocycles. The van der Waals surface area contributed by atoms with Crippen molar-refractivity contribution in [2.24, 2.45) is 5.92 Å². The van der Waals surface area contributed by atoms with Crippen LogP contribution in [0.1, 0.15) is 25.0 Å². The molecule has 0 aliphatic heterocycles. The predicted octanol–water partition coefficient (Wildman–Crippen LogP) is 4.10. The third kappa shape index (κ3) is 8.72. The molecule has 0 saturated carbocycles. The Kier molecular flexibility index (Phi) is 11.4. The second-order valence-corrected chi connectivity index (χ2v) is 12.8. The molecule has 0 aliphatic carbocycles. The molecule has 3 aromatic rings. The second kappa shape index (κ2) is 14.5. The Labute approximate surface area is 241 Å². The van der Waals surface area contributed by atoms with Crippen LogP contribution >= 0.6 is 11.8 Å². The number of carbonyl (C=O) groups is 1. The van der Waals surface area contributed by atoms with Crippen molar-refractivity contribution in [3.63, 3.8) is 0 Å². The Morgan fingerprint density at radius 1 is 1.00 bits per heavy atom. The molecule has 1 amide bonds. The van der Waals surface area contributed by atoms with Crippen LogP contribution in [-0.4, -0.2) is 67.4 Å². The van der Waals surface area contributed by atoms with E-state index in [4.69, 9.17) is 4.74 Å². The molecule has 0 aliphatic rings. The number of nitrogens with one attached hydrogen (secondary N) is 1. The van der Waals surface area contributed by atoms with Crippen molar-refractivity contribution in [3.8, 4) is 11.5 Å². The van der Waals surface area contributed by atoms with Gasteiger partial charge in [-0.1, -0.05) is 50.2 Å². The Hall–Kier alpha value is -3.05. The van der Waals surface area contributed by atoms with Gasteiger partial charge in [0.2, 0.25) is 15.9 Å². The van der Waals surface area contributed by atoms with Gasteiger partial charge < -0.3 is 20.3 Å². The molecule has 0 bridgehead atoms. The molecule has 2 atom stereocenters. The van der Waals surface area contributed by atoms with Gasteiger partial charge in [-0.05, 0) is 66.1 Å². The van der Waals surface area contributed by atoms with E-state index in [1.807, 2.05) is 50.4 Å². The van der Waals surface area contributed by atoms with Gasteiger partial charge in [-0.15, -0.1) is 11.8 Å². The molecule has 0 unspecified atom stereocenters. The number of aliphatic hydroxyl groups excluding tert-OH is 1. The maximum atomic E-state index is 13.6. The summed E-state index contributed by atoms with van der Waals surface area (Å²) in [7, 11) is -2.46. The van der Waals surface area contributed by atoms with Crippen LogP contribution < -0.4 is 10.1 Å². The van der Waals surface area contributed by atoms with Gasteiger partial charge in [0, 0.05) is 18.0 Å². The average molecular weight is 587 g/mol. The van der Waals surface area contributed by atoms with Crippen LogP contribution in [0.2, 0.25) is 0 Å². The molecule has 0 spiro atoms. The summed E-state index contributed by atoms with van der Waals surface area (Å²) in [6.45, 7) is 3.85. The van der Waals surface area contributed by atoms with Crippen LogP contribution in [0.15, 0.2) is 82.6 Å². The molecule has 216 valence electrons. The van der Waals surface area contributed by atoms with Crippen molar-refractivity contribution in [2.45, 2.75) is 48.6 Å². The van der Waals surface area contributed by atoms with Crippen molar-refractivity contribution in [1.29, 1.82) is 0 Å². The number of sulfonamides is 1. The Morgan fingerprint density at radius 2 is 1.68 bits per heavy atom. The van der Waals surface area contributed by atoms with Crippen molar-refractivity contribution in [3.05, 3.63) is 83.9 Å². The van der Waals surface area contributed by atoms with Gasteiger partial charge in [-0.3, -0.25) is 4.79 Å².